The van der Waals surface area contributed by atoms with E-state index in [2.05, 4.69) is 10.3 Å². The molecule has 0 aliphatic rings. The number of hydrogen-bond acceptors (Lipinski definition) is 5. The van der Waals surface area contributed by atoms with Crippen LogP contribution in [0.1, 0.15) is 12.5 Å². The fourth-order valence-corrected chi connectivity index (χ4v) is 3.79. The smallest absolute Gasteiger partial charge is 0.263 e. The van der Waals surface area contributed by atoms with Crippen LogP contribution >= 0.6 is 0 Å². The summed E-state index contributed by atoms with van der Waals surface area (Å²) in [6.45, 7) is 2.76. The van der Waals surface area contributed by atoms with Crippen LogP contribution in [0.4, 0.5) is 10.3 Å². The number of nitrogens with two attached hydrogens (primary N) is 1. The number of benzene rings is 2. The van der Waals surface area contributed by atoms with Crippen LogP contribution in [0.25, 0.3) is 22.4 Å². The molecule has 2 aromatic carbocycles. The summed E-state index contributed by atoms with van der Waals surface area (Å²) in [5, 5.41) is 3.27. The van der Waals surface area contributed by atoms with Crippen LogP contribution in [-0.4, -0.2) is 27.1 Å². The lowest BCUT2D eigenvalue weighted by atomic mass is 10.0. The predicted molar refractivity (Wildman–Crippen MR) is 129 cm³/mol. The summed E-state index contributed by atoms with van der Waals surface area (Å²) < 4.78 is 15.1. The standard InChI is InChI=1S/C26H26FN5O/c1-2-32-25(33)23(19-8-10-21(27)11-9-19)24(20-12-14-29-15-13-20)31-26(32)30-17-22(28)16-18-6-4-3-5-7-18/h3-15,22H,2,16-17,28H2,1H3,(H,30,31)/t22-/m0/s1. The molecule has 7 heteroatoms. The van der Waals surface area contributed by atoms with E-state index in [1.54, 1.807) is 41.2 Å². The van der Waals surface area contributed by atoms with Crippen LogP contribution in [0.15, 0.2) is 83.9 Å². The molecule has 0 aliphatic carbocycles. The zero-order chi connectivity index (χ0) is 23.2. The van der Waals surface area contributed by atoms with E-state index in [4.69, 9.17) is 10.7 Å². The lowest BCUT2D eigenvalue weighted by molar-refractivity contribution is 0.628. The molecule has 0 bridgehead atoms. The van der Waals surface area contributed by atoms with E-state index in [-0.39, 0.29) is 17.4 Å². The SMILES string of the molecule is CCn1c(NC[C@@H](N)Cc2ccccc2)nc(-c2ccncc2)c(-c2ccc(F)cc2)c1=O. The molecule has 6 nitrogen and oxygen atoms in total. The third kappa shape index (κ3) is 5.15. The minimum Gasteiger partial charge on any atom is -0.354 e. The summed E-state index contributed by atoms with van der Waals surface area (Å²) in [5.74, 6) is 0.0855. The number of aromatic nitrogens is 3. The summed E-state index contributed by atoms with van der Waals surface area (Å²) in [7, 11) is 0. The van der Waals surface area contributed by atoms with Crippen LogP contribution in [0.5, 0.6) is 0 Å². The summed E-state index contributed by atoms with van der Waals surface area (Å²) >= 11 is 0. The van der Waals surface area contributed by atoms with Crippen molar-refractivity contribution >= 4 is 5.95 Å². The van der Waals surface area contributed by atoms with Crippen molar-refractivity contribution in [2.75, 3.05) is 11.9 Å². The highest BCUT2D eigenvalue weighted by atomic mass is 19.1. The van der Waals surface area contributed by atoms with Crippen LogP contribution in [-0.2, 0) is 13.0 Å². The monoisotopic (exact) mass is 443 g/mol. The van der Waals surface area contributed by atoms with Crippen LogP contribution < -0.4 is 16.6 Å². The highest BCUT2D eigenvalue weighted by Gasteiger charge is 2.19. The van der Waals surface area contributed by atoms with E-state index in [9.17, 15) is 9.18 Å². The average Bonchev–Trinajstić information content (AvgIpc) is 2.84. The van der Waals surface area contributed by atoms with Gasteiger partial charge in [-0.2, -0.15) is 0 Å². The van der Waals surface area contributed by atoms with E-state index in [1.807, 2.05) is 37.3 Å². The Kier molecular flexibility index (Phi) is 6.90. The molecule has 2 heterocycles. The quantitative estimate of drug-likeness (QED) is 0.428. The Labute approximate surface area is 192 Å². The first-order valence-electron chi connectivity index (χ1n) is 10.9. The van der Waals surface area contributed by atoms with E-state index >= 15 is 0 Å². The molecule has 2 aromatic heterocycles. The van der Waals surface area contributed by atoms with Gasteiger partial charge in [-0.1, -0.05) is 42.5 Å². The second kappa shape index (κ2) is 10.2. The van der Waals surface area contributed by atoms with Crippen molar-refractivity contribution in [1.29, 1.82) is 0 Å². The van der Waals surface area contributed by atoms with Gasteiger partial charge in [0.2, 0.25) is 5.95 Å². The molecule has 0 fully saturated rings. The number of nitrogens with one attached hydrogen (secondary N) is 1. The molecular formula is C26H26FN5O. The van der Waals surface area contributed by atoms with Crippen LogP contribution in [0.3, 0.4) is 0 Å². The van der Waals surface area contributed by atoms with Gasteiger partial charge < -0.3 is 11.1 Å². The average molecular weight is 444 g/mol. The van der Waals surface area contributed by atoms with E-state index < -0.39 is 0 Å². The van der Waals surface area contributed by atoms with Gasteiger partial charge in [0.25, 0.3) is 5.56 Å². The van der Waals surface area contributed by atoms with Crippen molar-refractivity contribution in [3.05, 3.63) is 101 Å². The summed E-state index contributed by atoms with van der Waals surface area (Å²) in [5.41, 5.74) is 9.58. The van der Waals surface area contributed by atoms with E-state index in [1.165, 1.54) is 12.1 Å². The van der Waals surface area contributed by atoms with Gasteiger partial charge in [0.15, 0.2) is 0 Å². The fraction of sp³-hybridized carbons (Fsp3) is 0.192. The molecule has 33 heavy (non-hydrogen) atoms. The second-order valence-corrected chi connectivity index (χ2v) is 7.78. The molecule has 0 aliphatic heterocycles. The van der Waals surface area contributed by atoms with Gasteiger partial charge in [-0.3, -0.25) is 14.3 Å². The van der Waals surface area contributed by atoms with Crippen molar-refractivity contribution < 1.29 is 4.39 Å². The van der Waals surface area contributed by atoms with Crippen molar-refractivity contribution in [1.82, 2.24) is 14.5 Å². The normalized spacial score (nSPS) is 11.8. The van der Waals surface area contributed by atoms with Crippen molar-refractivity contribution in [3.63, 3.8) is 0 Å². The first-order chi connectivity index (χ1) is 16.1. The number of halogens is 1. The molecule has 0 unspecified atom stereocenters. The number of pyridine rings is 1. The Morgan fingerprint density at radius 1 is 1.00 bits per heavy atom. The van der Waals surface area contributed by atoms with Crippen molar-refractivity contribution in [2.45, 2.75) is 25.9 Å². The zero-order valence-electron chi connectivity index (χ0n) is 18.4. The fourth-order valence-electron chi connectivity index (χ4n) is 3.79. The van der Waals surface area contributed by atoms with E-state index in [0.717, 1.165) is 11.1 Å². The molecule has 168 valence electrons. The van der Waals surface area contributed by atoms with Crippen LogP contribution in [0.2, 0.25) is 0 Å². The molecule has 0 spiro atoms. The van der Waals surface area contributed by atoms with Gasteiger partial charge in [0.1, 0.15) is 5.82 Å². The third-order valence-electron chi connectivity index (χ3n) is 5.44. The van der Waals surface area contributed by atoms with Crippen molar-refractivity contribution in [3.8, 4) is 22.4 Å². The Morgan fingerprint density at radius 3 is 2.36 bits per heavy atom. The van der Waals surface area contributed by atoms with Crippen LogP contribution in [0, 0.1) is 5.82 Å². The van der Waals surface area contributed by atoms with Gasteiger partial charge in [-0.25, -0.2) is 9.37 Å². The highest BCUT2D eigenvalue weighted by Crippen LogP contribution is 2.29. The number of rotatable bonds is 8. The molecule has 0 saturated carbocycles. The largest absolute Gasteiger partial charge is 0.354 e. The molecular weight excluding hydrogens is 417 g/mol. The topological polar surface area (TPSA) is 85.8 Å². The number of hydrogen-bond donors (Lipinski definition) is 2. The summed E-state index contributed by atoms with van der Waals surface area (Å²) in [6.07, 6.45) is 4.01. The first-order valence-corrected chi connectivity index (χ1v) is 10.9. The predicted octanol–water partition coefficient (Wildman–Crippen LogP) is 4.11. The maximum absolute atomic E-state index is 13.6. The van der Waals surface area contributed by atoms with E-state index in [0.29, 0.717) is 42.3 Å². The number of anilines is 1. The minimum absolute atomic E-state index is 0.157. The maximum atomic E-state index is 13.6. The molecule has 0 radical (unpaired) electrons. The first kappa shape index (κ1) is 22.4. The molecule has 4 aromatic rings. The van der Waals surface area contributed by atoms with Gasteiger partial charge in [0.05, 0.1) is 11.3 Å². The second-order valence-electron chi connectivity index (χ2n) is 7.78. The maximum Gasteiger partial charge on any atom is 0.263 e. The third-order valence-corrected chi connectivity index (χ3v) is 5.44. The van der Waals surface area contributed by atoms with Gasteiger partial charge in [0, 0.05) is 37.1 Å². The molecule has 4 rings (SSSR count). The highest BCUT2D eigenvalue weighted by molar-refractivity contribution is 5.80. The van der Waals surface area contributed by atoms with Gasteiger partial charge in [-0.15, -0.1) is 0 Å². The summed E-state index contributed by atoms with van der Waals surface area (Å²) in [6, 6.07) is 19.4. The zero-order valence-corrected chi connectivity index (χ0v) is 18.4. The molecule has 0 amide bonds. The summed E-state index contributed by atoms with van der Waals surface area (Å²) in [4.78, 5) is 22.5. The Balaban J connectivity index is 1.73. The molecule has 1 atom stereocenters. The lowest BCUT2D eigenvalue weighted by Gasteiger charge is -2.19. The van der Waals surface area contributed by atoms with Gasteiger partial charge in [-0.05, 0) is 48.7 Å². The number of nitrogens with zero attached hydrogens (tertiary/aromatic N) is 3. The lowest BCUT2D eigenvalue weighted by Crippen LogP contribution is -2.34. The molecule has 0 saturated heterocycles. The van der Waals surface area contributed by atoms with Crippen molar-refractivity contribution in [2.24, 2.45) is 5.73 Å². The Bertz CT molecular complexity index is 1260. The Hall–Kier alpha value is -3.84. The minimum atomic E-state index is -0.362. The van der Waals surface area contributed by atoms with Gasteiger partial charge >= 0.3 is 0 Å². The Morgan fingerprint density at radius 2 is 1.70 bits per heavy atom. The molecule has 3 N–H and O–H groups in total.